The van der Waals surface area contributed by atoms with Crippen molar-refractivity contribution in [1.82, 2.24) is 0 Å². The number of nitrogens with zero attached hydrogens (tertiary/aromatic N) is 1. The predicted molar refractivity (Wildman–Crippen MR) is 84.1 cm³/mol. The lowest BCUT2D eigenvalue weighted by atomic mass is 10.0. The Morgan fingerprint density at radius 2 is 2.15 bits per heavy atom. The van der Waals surface area contributed by atoms with Crippen LogP contribution in [0.25, 0.3) is 0 Å². The topological polar surface area (TPSA) is 52.9 Å². The van der Waals surface area contributed by atoms with Crippen LogP contribution in [-0.4, -0.2) is 16.9 Å². The number of hydrogen-bond donors (Lipinski definition) is 1. The molecule has 1 aliphatic rings. The van der Waals surface area contributed by atoms with E-state index >= 15 is 0 Å². The van der Waals surface area contributed by atoms with E-state index in [4.69, 9.17) is 16.9 Å². The molecule has 0 spiro atoms. The van der Waals surface area contributed by atoms with E-state index in [0.29, 0.717) is 27.3 Å². The number of hydrogen-bond acceptors (Lipinski definition) is 3. The molecule has 20 heavy (non-hydrogen) atoms. The van der Waals surface area contributed by atoms with E-state index in [2.05, 4.69) is 11.4 Å². The molecule has 106 valence electrons. The summed E-state index contributed by atoms with van der Waals surface area (Å²) in [5.41, 5.74) is 0.930. The maximum Gasteiger partial charge on any atom is 0.234 e. The highest BCUT2D eigenvalue weighted by Crippen LogP contribution is 2.28. The average Bonchev–Trinajstić information content (AvgIpc) is 2.46. The van der Waals surface area contributed by atoms with Gasteiger partial charge in [-0.15, -0.1) is 11.8 Å². The fourth-order valence-electron chi connectivity index (χ4n) is 2.33. The highest BCUT2D eigenvalue weighted by molar-refractivity contribution is 8.00. The molecule has 0 atom stereocenters. The van der Waals surface area contributed by atoms with E-state index in [9.17, 15) is 4.79 Å². The molecule has 0 aromatic heterocycles. The lowest BCUT2D eigenvalue weighted by molar-refractivity contribution is -0.113. The lowest BCUT2D eigenvalue weighted by Gasteiger charge is -2.20. The maximum atomic E-state index is 12.0. The number of rotatable bonds is 4. The molecule has 1 aliphatic carbocycles. The molecule has 0 radical (unpaired) electrons. The molecule has 2 rings (SSSR count). The Balaban J connectivity index is 1.88. The van der Waals surface area contributed by atoms with Gasteiger partial charge in [-0.25, -0.2) is 0 Å². The Labute approximate surface area is 128 Å². The molecular weight excluding hydrogens is 292 g/mol. The number of benzene rings is 1. The van der Waals surface area contributed by atoms with Gasteiger partial charge in [-0.05, 0) is 31.0 Å². The van der Waals surface area contributed by atoms with E-state index in [1.165, 1.54) is 32.1 Å². The first-order chi connectivity index (χ1) is 9.69. The van der Waals surface area contributed by atoms with Gasteiger partial charge in [0.1, 0.15) is 6.07 Å². The number of carbonyl (C=O) groups is 1. The molecule has 5 heteroatoms. The minimum atomic E-state index is -0.0701. The maximum absolute atomic E-state index is 12.0. The SMILES string of the molecule is N#Cc1ccc(Cl)cc1NC(=O)CSC1CCCCC1. The third-order valence-electron chi connectivity index (χ3n) is 3.38. The zero-order valence-corrected chi connectivity index (χ0v) is 12.8. The van der Waals surface area contributed by atoms with Crippen LogP contribution in [-0.2, 0) is 4.79 Å². The molecule has 1 saturated carbocycles. The summed E-state index contributed by atoms with van der Waals surface area (Å²) in [6.45, 7) is 0. The van der Waals surface area contributed by atoms with Crippen LogP contribution in [0, 0.1) is 11.3 Å². The minimum absolute atomic E-state index is 0.0701. The first kappa shape index (κ1) is 15.2. The van der Waals surface area contributed by atoms with Gasteiger partial charge in [0.2, 0.25) is 5.91 Å². The summed E-state index contributed by atoms with van der Waals surface area (Å²) in [6.07, 6.45) is 6.27. The van der Waals surface area contributed by atoms with Crippen molar-refractivity contribution < 1.29 is 4.79 Å². The minimum Gasteiger partial charge on any atom is -0.324 e. The highest BCUT2D eigenvalue weighted by atomic mass is 35.5. The monoisotopic (exact) mass is 308 g/mol. The number of carbonyl (C=O) groups excluding carboxylic acids is 1. The van der Waals surface area contributed by atoms with Gasteiger partial charge in [0.15, 0.2) is 0 Å². The molecule has 1 aromatic carbocycles. The second kappa shape index (κ2) is 7.56. The summed E-state index contributed by atoms with van der Waals surface area (Å²) in [6, 6.07) is 6.93. The van der Waals surface area contributed by atoms with E-state index in [-0.39, 0.29) is 5.91 Å². The third-order valence-corrected chi connectivity index (χ3v) is 4.99. The summed E-state index contributed by atoms with van der Waals surface area (Å²) in [7, 11) is 0. The normalized spacial score (nSPS) is 15.6. The Morgan fingerprint density at radius 3 is 2.85 bits per heavy atom. The number of halogens is 1. The van der Waals surface area contributed by atoms with Gasteiger partial charge in [-0.2, -0.15) is 5.26 Å². The van der Waals surface area contributed by atoms with Crippen molar-refractivity contribution in [3.05, 3.63) is 28.8 Å². The smallest absolute Gasteiger partial charge is 0.234 e. The number of nitriles is 1. The van der Waals surface area contributed by atoms with Crippen LogP contribution < -0.4 is 5.32 Å². The van der Waals surface area contributed by atoms with Crippen molar-refractivity contribution in [2.75, 3.05) is 11.1 Å². The molecule has 0 heterocycles. The fourth-order valence-corrected chi connectivity index (χ4v) is 3.63. The van der Waals surface area contributed by atoms with Crippen LogP contribution in [0.3, 0.4) is 0 Å². The summed E-state index contributed by atoms with van der Waals surface area (Å²) in [5, 5.41) is 12.9. The van der Waals surface area contributed by atoms with E-state index in [0.717, 1.165) is 0 Å². The summed E-state index contributed by atoms with van der Waals surface area (Å²) >= 11 is 7.60. The Morgan fingerprint density at radius 1 is 1.40 bits per heavy atom. The molecule has 1 aromatic rings. The number of anilines is 1. The van der Waals surface area contributed by atoms with E-state index < -0.39 is 0 Å². The van der Waals surface area contributed by atoms with Gasteiger partial charge in [0.25, 0.3) is 0 Å². The van der Waals surface area contributed by atoms with Crippen molar-refractivity contribution in [3.63, 3.8) is 0 Å². The zero-order chi connectivity index (χ0) is 14.4. The second-order valence-electron chi connectivity index (χ2n) is 4.92. The van der Waals surface area contributed by atoms with Crippen molar-refractivity contribution in [2.45, 2.75) is 37.4 Å². The standard InChI is InChI=1S/C15H17ClN2OS/c16-12-7-6-11(9-17)14(8-12)18-15(19)10-20-13-4-2-1-3-5-13/h6-8,13H,1-5,10H2,(H,18,19). The molecule has 1 amide bonds. The van der Waals surface area contributed by atoms with Gasteiger partial charge in [-0.1, -0.05) is 30.9 Å². The van der Waals surface area contributed by atoms with Crippen molar-refractivity contribution >= 4 is 35.0 Å². The summed E-state index contributed by atoms with van der Waals surface area (Å²) in [4.78, 5) is 12.0. The quantitative estimate of drug-likeness (QED) is 0.906. The van der Waals surface area contributed by atoms with E-state index in [1.807, 2.05) is 0 Å². The largest absolute Gasteiger partial charge is 0.324 e. The van der Waals surface area contributed by atoms with Crippen LogP contribution in [0.5, 0.6) is 0 Å². The van der Waals surface area contributed by atoms with Crippen LogP contribution in [0.4, 0.5) is 5.69 Å². The van der Waals surface area contributed by atoms with Gasteiger partial charge in [0, 0.05) is 10.3 Å². The van der Waals surface area contributed by atoms with Crippen LogP contribution in [0.15, 0.2) is 18.2 Å². The first-order valence-corrected chi connectivity index (χ1v) is 8.23. The fraction of sp³-hybridized carbons (Fsp3) is 0.467. The summed E-state index contributed by atoms with van der Waals surface area (Å²) < 4.78 is 0. The van der Waals surface area contributed by atoms with Crippen LogP contribution in [0.1, 0.15) is 37.7 Å². The Bertz CT molecular complexity index is 521. The molecular formula is C15H17ClN2OS. The predicted octanol–water partition coefficient (Wildman–Crippen LogP) is 4.22. The second-order valence-corrected chi connectivity index (χ2v) is 6.65. The van der Waals surface area contributed by atoms with Gasteiger partial charge >= 0.3 is 0 Å². The Hall–Kier alpha value is -1.18. The molecule has 0 unspecified atom stereocenters. The molecule has 0 bridgehead atoms. The van der Waals surface area contributed by atoms with Crippen molar-refractivity contribution in [3.8, 4) is 6.07 Å². The average molecular weight is 309 g/mol. The molecule has 0 saturated heterocycles. The number of thioether (sulfide) groups is 1. The zero-order valence-electron chi connectivity index (χ0n) is 11.2. The first-order valence-electron chi connectivity index (χ1n) is 6.80. The molecule has 1 fully saturated rings. The van der Waals surface area contributed by atoms with Crippen molar-refractivity contribution in [2.24, 2.45) is 0 Å². The Kier molecular flexibility index (Phi) is 5.75. The van der Waals surface area contributed by atoms with Crippen LogP contribution >= 0.6 is 23.4 Å². The highest BCUT2D eigenvalue weighted by Gasteiger charge is 2.16. The van der Waals surface area contributed by atoms with Gasteiger partial charge in [0.05, 0.1) is 17.0 Å². The van der Waals surface area contributed by atoms with Crippen LogP contribution in [0.2, 0.25) is 5.02 Å². The van der Waals surface area contributed by atoms with Crippen molar-refractivity contribution in [1.29, 1.82) is 5.26 Å². The van der Waals surface area contributed by atoms with E-state index in [1.54, 1.807) is 30.0 Å². The number of amides is 1. The molecule has 0 aliphatic heterocycles. The van der Waals surface area contributed by atoms with Gasteiger partial charge < -0.3 is 5.32 Å². The molecule has 3 nitrogen and oxygen atoms in total. The summed E-state index contributed by atoms with van der Waals surface area (Å²) in [5.74, 6) is 0.363. The number of nitrogens with one attached hydrogen (secondary N) is 1. The third kappa shape index (κ3) is 4.43. The lowest BCUT2D eigenvalue weighted by Crippen LogP contribution is -2.18. The molecule has 1 N–H and O–H groups in total. The van der Waals surface area contributed by atoms with Gasteiger partial charge in [-0.3, -0.25) is 4.79 Å².